The van der Waals surface area contributed by atoms with Crippen molar-refractivity contribution in [3.8, 4) is 11.1 Å². The fourth-order valence-corrected chi connectivity index (χ4v) is 3.72. The van der Waals surface area contributed by atoms with Crippen LogP contribution in [0.2, 0.25) is 0 Å². The molecule has 0 fully saturated rings. The topological polar surface area (TPSA) is 113 Å². The molecule has 0 spiro atoms. The molecule has 2 aromatic carbocycles. The van der Waals surface area contributed by atoms with Crippen LogP contribution in [0.3, 0.4) is 0 Å². The summed E-state index contributed by atoms with van der Waals surface area (Å²) in [7, 11) is 0. The maximum atomic E-state index is 12.4. The highest BCUT2D eigenvalue weighted by atomic mass is 16.5. The van der Waals surface area contributed by atoms with E-state index in [1.54, 1.807) is 0 Å². The number of benzene rings is 2. The van der Waals surface area contributed by atoms with Crippen LogP contribution < -0.4 is 5.32 Å². The Morgan fingerprint density at radius 2 is 1.59 bits per heavy atom. The summed E-state index contributed by atoms with van der Waals surface area (Å²) in [4.78, 5) is 35.2. The van der Waals surface area contributed by atoms with E-state index < -0.39 is 30.0 Å². The Morgan fingerprint density at radius 3 is 2.07 bits per heavy atom. The van der Waals surface area contributed by atoms with Gasteiger partial charge in [0.05, 0.1) is 6.42 Å². The molecule has 0 saturated carbocycles. The molecule has 3 rings (SSSR count). The van der Waals surface area contributed by atoms with Crippen LogP contribution in [-0.2, 0) is 14.3 Å². The third-order valence-electron chi connectivity index (χ3n) is 5.04. The Labute approximate surface area is 167 Å². The van der Waals surface area contributed by atoms with Gasteiger partial charge in [0.15, 0.2) is 5.54 Å². The second-order valence-electron chi connectivity index (χ2n) is 6.90. The number of nitrogens with one attached hydrogen (secondary N) is 1. The summed E-state index contributed by atoms with van der Waals surface area (Å²) in [5.74, 6) is -3.01. The van der Waals surface area contributed by atoms with Crippen molar-refractivity contribution in [2.45, 2.75) is 24.3 Å². The molecular formula is C22H21NO6. The highest BCUT2D eigenvalue weighted by Gasteiger charge is 2.42. The smallest absolute Gasteiger partial charge is 0.408 e. The van der Waals surface area contributed by atoms with Crippen LogP contribution in [0.1, 0.15) is 29.9 Å². The lowest BCUT2D eigenvalue weighted by atomic mass is 9.91. The number of ether oxygens (including phenoxy) is 1. The van der Waals surface area contributed by atoms with Crippen LogP contribution in [0, 0.1) is 0 Å². The number of amides is 1. The van der Waals surface area contributed by atoms with E-state index in [0.29, 0.717) is 0 Å². The normalized spacial score (nSPS) is 14.2. The first-order chi connectivity index (χ1) is 13.9. The first-order valence-corrected chi connectivity index (χ1v) is 9.07. The first-order valence-electron chi connectivity index (χ1n) is 9.07. The van der Waals surface area contributed by atoms with Crippen LogP contribution in [-0.4, -0.2) is 40.4 Å². The van der Waals surface area contributed by atoms with E-state index in [0.717, 1.165) is 22.3 Å². The Bertz CT molecular complexity index is 924. The van der Waals surface area contributed by atoms with Crippen molar-refractivity contribution >= 4 is 18.0 Å². The summed E-state index contributed by atoms with van der Waals surface area (Å²) in [5.41, 5.74) is 2.14. The van der Waals surface area contributed by atoms with E-state index in [2.05, 4.69) is 11.9 Å². The molecule has 0 aliphatic heterocycles. The summed E-state index contributed by atoms with van der Waals surface area (Å²) < 4.78 is 5.33. The van der Waals surface area contributed by atoms with Crippen molar-refractivity contribution in [3.05, 3.63) is 72.3 Å². The molecule has 7 heteroatoms. The van der Waals surface area contributed by atoms with Gasteiger partial charge < -0.3 is 20.3 Å². The maximum absolute atomic E-state index is 12.4. The molecule has 0 radical (unpaired) electrons. The zero-order valence-electron chi connectivity index (χ0n) is 15.6. The fourth-order valence-electron chi connectivity index (χ4n) is 3.72. The molecule has 1 aliphatic rings. The van der Waals surface area contributed by atoms with E-state index in [9.17, 15) is 19.5 Å². The molecule has 1 amide bonds. The van der Waals surface area contributed by atoms with Crippen LogP contribution >= 0.6 is 0 Å². The monoisotopic (exact) mass is 395 g/mol. The van der Waals surface area contributed by atoms with Crippen molar-refractivity contribution < 1.29 is 29.3 Å². The van der Waals surface area contributed by atoms with Crippen LogP contribution in [0.25, 0.3) is 11.1 Å². The minimum Gasteiger partial charge on any atom is -0.481 e. The molecule has 29 heavy (non-hydrogen) atoms. The molecule has 0 bridgehead atoms. The molecule has 3 N–H and O–H groups in total. The first kappa shape index (κ1) is 20.1. The number of rotatable bonds is 8. The highest BCUT2D eigenvalue weighted by Crippen LogP contribution is 2.44. The fraction of sp³-hybridized carbons (Fsp3) is 0.227. The minimum absolute atomic E-state index is 0.00325. The van der Waals surface area contributed by atoms with Gasteiger partial charge in [-0.2, -0.15) is 0 Å². The van der Waals surface area contributed by atoms with Gasteiger partial charge in [0.2, 0.25) is 0 Å². The van der Waals surface area contributed by atoms with E-state index in [4.69, 9.17) is 9.84 Å². The molecule has 1 aliphatic carbocycles. The third-order valence-corrected chi connectivity index (χ3v) is 5.04. The lowest BCUT2D eigenvalue weighted by Gasteiger charge is -2.27. The van der Waals surface area contributed by atoms with Crippen molar-refractivity contribution in [1.29, 1.82) is 0 Å². The zero-order chi connectivity index (χ0) is 21.0. The van der Waals surface area contributed by atoms with Crippen LogP contribution in [0.5, 0.6) is 0 Å². The Morgan fingerprint density at radius 1 is 1.03 bits per heavy atom. The SMILES string of the molecule is C=CCC(CC(=O)O)(NC(=O)OCC1c2ccccc2-c2ccccc21)C(=O)O. The number of hydrogen-bond donors (Lipinski definition) is 3. The summed E-state index contributed by atoms with van der Waals surface area (Å²) in [6, 6.07) is 15.6. The standard InChI is InChI=1S/C22H21NO6/c1-2-11-22(20(26)27,12-19(24)25)23-21(28)29-13-18-16-9-5-3-7-14(16)15-8-4-6-10-17(15)18/h2-10,18H,1,11-13H2,(H,23,28)(H,24,25)(H,26,27). The van der Waals surface area contributed by atoms with Gasteiger partial charge in [-0.25, -0.2) is 9.59 Å². The summed E-state index contributed by atoms with van der Waals surface area (Å²) in [6.45, 7) is 3.45. The van der Waals surface area contributed by atoms with E-state index >= 15 is 0 Å². The van der Waals surface area contributed by atoms with E-state index in [-0.39, 0.29) is 18.9 Å². The third kappa shape index (κ3) is 3.99. The molecule has 1 atom stereocenters. The molecular weight excluding hydrogens is 374 g/mol. The Balaban J connectivity index is 1.77. The number of carbonyl (C=O) groups excluding carboxylic acids is 1. The second kappa shape index (κ2) is 8.18. The van der Waals surface area contributed by atoms with Gasteiger partial charge >= 0.3 is 18.0 Å². The van der Waals surface area contributed by atoms with E-state index in [1.165, 1.54) is 6.08 Å². The summed E-state index contributed by atoms with van der Waals surface area (Å²) in [5, 5.41) is 20.8. The number of hydrogen-bond acceptors (Lipinski definition) is 4. The molecule has 2 aromatic rings. The largest absolute Gasteiger partial charge is 0.481 e. The average Bonchev–Trinajstić information content (AvgIpc) is 3.00. The number of carboxylic acid groups (broad SMARTS) is 2. The number of fused-ring (bicyclic) bond motifs is 3. The van der Waals surface area contributed by atoms with Crippen molar-refractivity contribution in [2.24, 2.45) is 0 Å². The van der Waals surface area contributed by atoms with Crippen LogP contribution in [0.4, 0.5) is 4.79 Å². The quantitative estimate of drug-likeness (QED) is 0.591. The van der Waals surface area contributed by atoms with Crippen LogP contribution in [0.15, 0.2) is 61.2 Å². The van der Waals surface area contributed by atoms with Gasteiger partial charge in [0, 0.05) is 5.92 Å². The zero-order valence-corrected chi connectivity index (χ0v) is 15.6. The number of aliphatic carboxylic acids is 2. The summed E-state index contributed by atoms with van der Waals surface area (Å²) >= 11 is 0. The van der Waals surface area contributed by atoms with Gasteiger partial charge in [-0.15, -0.1) is 6.58 Å². The van der Waals surface area contributed by atoms with Gasteiger partial charge in [0.1, 0.15) is 6.61 Å². The Hall–Kier alpha value is -3.61. The molecule has 0 heterocycles. The summed E-state index contributed by atoms with van der Waals surface area (Å²) in [6.07, 6.45) is -0.782. The second-order valence-corrected chi connectivity index (χ2v) is 6.90. The number of alkyl carbamates (subject to hydrolysis) is 1. The predicted octanol–water partition coefficient (Wildman–Crippen LogP) is 3.40. The van der Waals surface area contributed by atoms with E-state index in [1.807, 2.05) is 48.5 Å². The highest BCUT2D eigenvalue weighted by molar-refractivity contribution is 5.89. The number of carbonyl (C=O) groups is 3. The molecule has 0 saturated heterocycles. The molecule has 150 valence electrons. The predicted molar refractivity (Wildman–Crippen MR) is 106 cm³/mol. The lowest BCUT2D eigenvalue weighted by Crippen LogP contribution is -2.55. The average molecular weight is 395 g/mol. The van der Waals surface area contributed by atoms with Gasteiger partial charge in [-0.05, 0) is 28.7 Å². The van der Waals surface area contributed by atoms with Gasteiger partial charge in [-0.1, -0.05) is 54.6 Å². The van der Waals surface area contributed by atoms with Crippen molar-refractivity contribution in [1.82, 2.24) is 5.32 Å². The molecule has 7 nitrogen and oxygen atoms in total. The molecule has 1 unspecified atom stereocenters. The Kier molecular flexibility index (Phi) is 5.68. The van der Waals surface area contributed by atoms with Gasteiger partial charge in [-0.3, -0.25) is 4.79 Å². The number of carboxylic acids is 2. The minimum atomic E-state index is -2.02. The van der Waals surface area contributed by atoms with Crippen molar-refractivity contribution in [2.75, 3.05) is 6.61 Å². The lowest BCUT2D eigenvalue weighted by molar-refractivity contribution is -0.151. The van der Waals surface area contributed by atoms with Gasteiger partial charge in [0.25, 0.3) is 0 Å². The maximum Gasteiger partial charge on any atom is 0.408 e. The molecule has 0 aromatic heterocycles. The van der Waals surface area contributed by atoms with Crippen molar-refractivity contribution in [3.63, 3.8) is 0 Å².